The van der Waals surface area contributed by atoms with E-state index in [1.54, 1.807) is 6.07 Å². The van der Waals surface area contributed by atoms with Gasteiger partial charge in [0.1, 0.15) is 0 Å². The molecule has 1 rings (SSSR count). The summed E-state index contributed by atoms with van der Waals surface area (Å²) in [5.41, 5.74) is 0.385. The van der Waals surface area contributed by atoms with Gasteiger partial charge >= 0.3 is 0 Å². The maximum atomic E-state index is 11.9. The molecular weight excluding hydrogens is 264 g/mol. The van der Waals surface area contributed by atoms with Crippen molar-refractivity contribution in [3.63, 3.8) is 0 Å². The standard InChI is InChI=1S/C16H28N4O/c1-5-11-20(12-6-2)15-8-7-14(18-19-15)16(21)17-10-9-13(3)4/h7-8,13H,5-6,9-12H2,1-4H3,(H,17,21). The number of anilines is 1. The predicted octanol–water partition coefficient (Wildman–Crippen LogP) is 2.88. The van der Waals surface area contributed by atoms with Gasteiger partial charge in [-0.25, -0.2) is 0 Å². The van der Waals surface area contributed by atoms with E-state index < -0.39 is 0 Å². The van der Waals surface area contributed by atoms with Gasteiger partial charge in [-0.2, -0.15) is 0 Å². The van der Waals surface area contributed by atoms with Gasteiger partial charge in [-0.3, -0.25) is 4.79 Å². The van der Waals surface area contributed by atoms with Gasteiger partial charge in [0.25, 0.3) is 5.91 Å². The van der Waals surface area contributed by atoms with Crippen molar-refractivity contribution in [2.24, 2.45) is 5.92 Å². The van der Waals surface area contributed by atoms with Crippen LogP contribution in [0.2, 0.25) is 0 Å². The van der Waals surface area contributed by atoms with Crippen molar-refractivity contribution in [3.05, 3.63) is 17.8 Å². The highest BCUT2D eigenvalue weighted by atomic mass is 16.1. The fourth-order valence-electron chi connectivity index (χ4n) is 2.06. The molecule has 21 heavy (non-hydrogen) atoms. The van der Waals surface area contributed by atoms with Crippen molar-refractivity contribution in [1.82, 2.24) is 15.5 Å². The third kappa shape index (κ3) is 6.10. The summed E-state index contributed by atoms with van der Waals surface area (Å²) in [7, 11) is 0. The van der Waals surface area contributed by atoms with E-state index in [0.29, 0.717) is 18.2 Å². The average molecular weight is 292 g/mol. The van der Waals surface area contributed by atoms with Gasteiger partial charge in [0.05, 0.1) is 0 Å². The van der Waals surface area contributed by atoms with Crippen molar-refractivity contribution in [1.29, 1.82) is 0 Å². The quantitative estimate of drug-likeness (QED) is 0.760. The summed E-state index contributed by atoms with van der Waals surface area (Å²) in [5.74, 6) is 1.28. The maximum Gasteiger partial charge on any atom is 0.271 e. The fourth-order valence-corrected chi connectivity index (χ4v) is 2.06. The Hall–Kier alpha value is -1.65. The Morgan fingerprint density at radius 1 is 1.19 bits per heavy atom. The fraction of sp³-hybridized carbons (Fsp3) is 0.688. The molecule has 5 nitrogen and oxygen atoms in total. The van der Waals surface area contributed by atoms with Crippen LogP contribution < -0.4 is 10.2 Å². The number of amides is 1. The zero-order chi connectivity index (χ0) is 15.7. The number of hydrogen-bond acceptors (Lipinski definition) is 4. The monoisotopic (exact) mass is 292 g/mol. The molecule has 0 aromatic carbocycles. The van der Waals surface area contributed by atoms with E-state index in [9.17, 15) is 4.79 Å². The van der Waals surface area contributed by atoms with Crippen LogP contribution in [0.5, 0.6) is 0 Å². The van der Waals surface area contributed by atoms with Gasteiger partial charge in [-0.05, 0) is 37.3 Å². The molecule has 0 saturated carbocycles. The summed E-state index contributed by atoms with van der Waals surface area (Å²) in [5, 5.41) is 11.1. The molecule has 1 heterocycles. The van der Waals surface area contributed by atoms with Gasteiger partial charge < -0.3 is 10.2 Å². The molecule has 0 fully saturated rings. The Morgan fingerprint density at radius 2 is 1.86 bits per heavy atom. The minimum absolute atomic E-state index is 0.146. The number of carbonyl (C=O) groups is 1. The lowest BCUT2D eigenvalue weighted by molar-refractivity contribution is 0.0946. The minimum atomic E-state index is -0.146. The topological polar surface area (TPSA) is 58.1 Å². The van der Waals surface area contributed by atoms with E-state index in [1.807, 2.05) is 6.07 Å². The third-order valence-corrected chi connectivity index (χ3v) is 3.20. The lowest BCUT2D eigenvalue weighted by Crippen LogP contribution is -2.28. The van der Waals surface area contributed by atoms with Crippen LogP contribution in [0.25, 0.3) is 0 Å². The Bertz CT molecular complexity index is 411. The van der Waals surface area contributed by atoms with Crippen LogP contribution in [0.15, 0.2) is 12.1 Å². The second-order valence-corrected chi connectivity index (χ2v) is 5.70. The summed E-state index contributed by atoms with van der Waals surface area (Å²) in [4.78, 5) is 14.1. The van der Waals surface area contributed by atoms with Crippen molar-refractivity contribution >= 4 is 11.7 Å². The first-order valence-electron chi connectivity index (χ1n) is 7.95. The van der Waals surface area contributed by atoms with E-state index in [-0.39, 0.29) is 5.91 Å². The largest absolute Gasteiger partial charge is 0.355 e. The molecule has 118 valence electrons. The van der Waals surface area contributed by atoms with Gasteiger partial charge in [0.2, 0.25) is 0 Å². The third-order valence-electron chi connectivity index (χ3n) is 3.20. The van der Waals surface area contributed by atoms with E-state index in [2.05, 4.69) is 48.1 Å². The summed E-state index contributed by atoms with van der Waals surface area (Å²) < 4.78 is 0. The summed E-state index contributed by atoms with van der Waals surface area (Å²) in [6.07, 6.45) is 3.11. The summed E-state index contributed by atoms with van der Waals surface area (Å²) in [6.45, 7) is 11.2. The number of carbonyl (C=O) groups excluding carboxylic acids is 1. The number of nitrogens with one attached hydrogen (secondary N) is 1. The number of aromatic nitrogens is 2. The molecule has 0 bridgehead atoms. The van der Waals surface area contributed by atoms with Crippen LogP contribution in [0.3, 0.4) is 0 Å². The van der Waals surface area contributed by atoms with Crippen LogP contribution in [0.1, 0.15) is 57.4 Å². The molecular formula is C16H28N4O. The number of hydrogen-bond donors (Lipinski definition) is 1. The molecule has 0 atom stereocenters. The van der Waals surface area contributed by atoms with Gasteiger partial charge in [0, 0.05) is 19.6 Å². The molecule has 1 N–H and O–H groups in total. The minimum Gasteiger partial charge on any atom is -0.355 e. The lowest BCUT2D eigenvalue weighted by Gasteiger charge is -2.21. The highest BCUT2D eigenvalue weighted by Crippen LogP contribution is 2.11. The first-order valence-corrected chi connectivity index (χ1v) is 7.95. The van der Waals surface area contributed by atoms with Crippen molar-refractivity contribution in [2.75, 3.05) is 24.5 Å². The van der Waals surface area contributed by atoms with E-state index in [0.717, 1.165) is 38.2 Å². The highest BCUT2D eigenvalue weighted by molar-refractivity contribution is 5.92. The van der Waals surface area contributed by atoms with E-state index in [4.69, 9.17) is 0 Å². The van der Waals surface area contributed by atoms with Gasteiger partial charge in [-0.15, -0.1) is 10.2 Å². The molecule has 0 aliphatic heterocycles. The molecule has 0 unspecified atom stereocenters. The Kier molecular flexibility index (Phi) is 7.72. The molecule has 0 spiro atoms. The van der Waals surface area contributed by atoms with Crippen molar-refractivity contribution in [2.45, 2.75) is 47.0 Å². The van der Waals surface area contributed by atoms with Crippen molar-refractivity contribution < 1.29 is 4.79 Å². The molecule has 1 aromatic heterocycles. The van der Waals surface area contributed by atoms with Gasteiger partial charge in [-0.1, -0.05) is 27.7 Å². The molecule has 1 aromatic rings. The van der Waals surface area contributed by atoms with Crippen LogP contribution >= 0.6 is 0 Å². The van der Waals surface area contributed by atoms with Crippen molar-refractivity contribution in [3.8, 4) is 0 Å². The molecule has 5 heteroatoms. The SMILES string of the molecule is CCCN(CCC)c1ccc(C(=O)NCCC(C)C)nn1. The average Bonchev–Trinajstić information content (AvgIpc) is 2.47. The van der Waals surface area contributed by atoms with Crippen LogP contribution in [-0.2, 0) is 0 Å². The Balaban J connectivity index is 2.61. The number of rotatable bonds is 9. The molecule has 0 aliphatic rings. The zero-order valence-corrected chi connectivity index (χ0v) is 13.7. The van der Waals surface area contributed by atoms with E-state index >= 15 is 0 Å². The molecule has 0 radical (unpaired) electrons. The summed E-state index contributed by atoms with van der Waals surface area (Å²) >= 11 is 0. The second kappa shape index (κ2) is 9.32. The first kappa shape index (κ1) is 17.4. The molecule has 0 aliphatic carbocycles. The Morgan fingerprint density at radius 3 is 2.33 bits per heavy atom. The van der Waals surface area contributed by atoms with Crippen LogP contribution in [0, 0.1) is 5.92 Å². The van der Waals surface area contributed by atoms with Crippen LogP contribution in [0.4, 0.5) is 5.82 Å². The first-order chi connectivity index (χ1) is 10.1. The molecule has 1 amide bonds. The lowest BCUT2D eigenvalue weighted by atomic mass is 10.1. The predicted molar refractivity (Wildman–Crippen MR) is 86.6 cm³/mol. The van der Waals surface area contributed by atoms with Crippen LogP contribution in [-0.4, -0.2) is 35.7 Å². The number of nitrogens with zero attached hydrogens (tertiary/aromatic N) is 3. The van der Waals surface area contributed by atoms with E-state index in [1.165, 1.54) is 0 Å². The molecule has 0 saturated heterocycles. The summed E-state index contributed by atoms with van der Waals surface area (Å²) in [6, 6.07) is 3.64. The Labute approximate surface area is 128 Å². The normalized spacial score (nSPS) is 10.7. The highest BCUT2D eigenvalue weighted by Gasteiger charge is 2.11. The second-order valence-electron chi connectivity index (χ2n) is 5.70. The maximum absolute atomic E-state index is 11.9. The zero-order valence-electron chi connectivity index (χ0n) is 13.7. The van der Waals surface area contributed by atoms with Gasteiger partial charge in [0.15, 0.2) is 11.5 Å². The smallest absolute Gasteiger partial charge is 0.271 e.